The second-order valence-electron chi connectivity index (χ2n) is 0.500. The summed E-state index contributed by atoms with van der Waals surface area (Å²) in [6, 6.07) is 0. The third-order valence-corrected chi connectivity index (χ3v) is 0. The van der Waals surface area contributed by atoms with Gasteiger partial charge >= 0.3 is 0 Å². The standard InChI is InChI=1S/C3H7.Co/c1-3-2;/h1,3H2,2H3;/q-1;. The van der Waals surface area contributed by atoms with E-state index in [2.05, 4.69) is 6.92 Å². The molecule has 0 atom stereocenters. The Morgan fingerprint density at radius 3 is 1.75 bits per heavy atom. The summed E-state index contributed by atoms with van der Waals surface area (Å²) >= 11 is 0. The van der Waals surface area contributed by atoms with Crippen molar-refractivity contribution in [1.29, 1.82) is 0 Å². The smallest absolute Gasteiger partial charge is 0 e. The molecule has 29 valence electrons. The zero-order chi connectivity index (χ0) is 2.71. The van der Waals surface area contributed by atoms with Gasteiger partial charge in [-0.15, -0.1) is 0 Å². The van der Waals surface area contributed by atoms with Crippen LogP contribution in [0.15, 0.2) is 0 Å². The van der Waals surface area contributed by atoms with Crippen molar-refractivity contribution >= 4 is 0 Å². The summed E-state index contributed by atoms with van der Waals surface area (Å²) < 4.78 is 0. The minimum Gasteiger partial charge on any atom is -0.344 e. The van der Waals surface area contributed by atoms with Gasteiger partial charge in [-0.3, -0.25) is 0 Å². The Morgan fingerprint density at radius 1 is 1.75 bits per heavy atom. The molecular formula is C3H7Co-. The second-order valence-corrected chi connectivity index (χ2v) is 0.500. The topological polar surface area (TPSA) is 0 Å². The van der Waals surface area contributed by atoms with Crippen molar-refractivity contribution < 1.29 is 16.8 Å². The molecule has 0 rings (SSSR count). The molecule has 0 N–H and O–H groups in total. The van der Waals surface area contributed by atoms with Crippen LogP contribution in [0.25, 0.3) is 0 Å². The van der Waals surface area contributed by atoms with Crippen molar-refractivity contribution in [3.05, 3.63) is 6.92 Å². The molecule has 0 aliphatic rings. The fourth-order valence-electron chi connectivity index (χ4n) is 0. The van der Waals surface area contributed by atoms with Gasteiger partial charge in [-0.25, -0.2) is 0 Å². The van der Waals surface area contributed by atoms with Gasteiger partial charge < -0.3 is 6.92 Å². The van der Waals surface area contributed by atoms with Crippen LogP contribution in [-0.4, -0.2) is 0 Å². The minimum atomic E-state index is 0. The molecule has 0 saturated carbocycles. The largest absolute Gasteiger partial charge is 0.344 e. The maximum Gasteiger partial charge on any atom is 0 e. The minimum absolute atomic E-state index is 0. The van der Waals surface area contributed by atoms with Gasteiger partial charge in [0.1, 0.15) is 0 Å². The summed E-state index contributed by atoms with van der Waals surface area (Å²) in [7, 11) is 0. The SMILES string of the molecule is [CH2-]CC.[Co]. The second kappa shape index (κ2) is 9.71. The van der Waals surface area contributed by atoms with Crippen LogP contribution in [-0.2, 0) is 16.8 Å². The van der Waals surface area contributed by atoms with Crippen molar-refractivity contribution in [1.82, 2.24) is 0 Å². The summed E-state index contributed by atoms with van der Waals surface area (Å²) in [5.41, 5.74) is 0. The molecule has 0 aliphatic carbocycles. The predicted molar refractivity (Wildman–Crippen MR) is 15.6 cm³/mol. The van der Waals surface area contributed by atoms with E-state index < -0.39 is 0 Å². The number of hydrogen-bond acceptors (Lipinski definition) is 0. The molecule has 1 heteroatoms. The van der Waals surface area contributed by atoms with E-state index in [0.717, 1.165) is 6.42 Å². The molecule has 0 bridgehead atoms. The fourth-order valence-corrected chi connectivity index (χ4v) is 0. The van der Waals surface area contributed by atoms with Crippen LogP contribution in [0, 0.1) is 6.92 Å². The molecule has 0 amide bonds. The van der Waals surface area contributed by atoms with Crippen molar-refractivity contribution in [3.8, 4) is 0 Å². The zero-order valence-electron chi connectivity index (χ0n) is 2.75. The molecule has 0 spiro atoms. The van der Waals surface area contributed by atoms with E-state index in [1.165, 1.54) is 0 Å². The maximum absolute atomic E-state index is 3.49. The van der Waals surface area contributed by atoms with Gasteiger partial charge in [0.05, 0.1) is 0 Å². The first-order chi connectivity index (χ1) is 1.41. The van der Waals surface area contributed by atoms with Crippen LogP contribution >= 0.6 is 0 Å². The summed E-state index contributed by atoms with van der Waals surface area (Å²) in [6.45, 7) is 5.50. The van der Waals surface area contributed by atoms with Crippen molar-refractivity contribution in [2.24, 2.45) is 0 Å². The number of hydrogen-bond donors (Lipinski definition) is 0. The van der Waals surface area contributed by atoms with Crippen molar-refractivity contribution in [2.45, 2.75) is 13.3 Å². The van der Waals surface area contributed by atoms with E-state index in [4.69, 9.17) is 0 Å². The van der Waals surface area contributed by atoms with Gasteiger partial charge in [0.15, 0.2) is 0 Å². The molecule has 0 saturated heterocycles. The Bertz CT molecular complexity index is 3.25. The Labute approximate surface area is 37.8 Å². The van der Waals surface area contributed by atoms with E-state index >= 15 is 0 Å². The Balaban J connectivity index is 0. The van der Waals surface area contributed by atoms with E-state index in [-0.39, 0.29) is 16.8 Å². The quantitative estimate of drug-likeness (QED) is 0.403. The van der Waals surface area contributed by atoms with Crippen molar-refractivity contribution in [2.75, 3.05) is 0 Å². The van der Waals surface area contributed by atoms with E-state index in [1.54, 1.807) is 0 Å². The molecule has 0 aromatic carbocycles. The van der Waals surface area contributed by atoms with Gasteiger partial charge in [-0.2, -0.15) is 6.42 Å². The van der Waals surface area contributed by atoms with Crippen molar-refractivity contribution in [3.63, 3.8) is 0 Å². The molecule has 1 radical (unpaired) electrons. The molecule has 0 unspecified atom stereocenters. The summed E-state index contributed by atoms with van der Waals surface area (Å²) in [6.07, 6.45) is 1.00. The van der Waals surface area contributed by atoms with Crippen LogP contribution in [0.4, 0.5) is 0 Å². The van der Waals surface area contributed by atoms with Crippen LogP contribution < -0.4 is 0 Å². The normalized spacial score (nSPS) is 4.50. The number of rotatable bonds is 0. The monoisotopic (exact) mass is 102 g/mol. The Morgan fingerprint density at radius 2 is 1.75 bits per heavy atom. The average molecular weight is 102 g/mol. The van der Waals surface area contributed by atoms with Gasteiger partial charge in [-0.1, -0.05) is 6.92 Å². The summed E-state index contributed by atoms with van der Waals surface area (Å²) in [5, 5.41) is 0. The molecule has 4 heavy (non-hydrogen) atoms. The van der Waals surface area contributed by atoms with E-state index in [9.17, 15) is 0 Å². The molecule has 0 nitrogen and oxygen atoms in total. The average Bonchev–Trinajstić information content (AvgIpc) is 0.918. The van der Waals surface area contributed by atoms with Gasteiger partial charge in [-0.05, 0) is 0 Å². The molecular weight excluding hydrogens is 95.0 g/mol. The third-order valence-electron chi connectivity index (χ3n) is 0. The molecule has 0 aromatic rings. The fraction of sp³-hybridized carbons (Fsp3) is 0.667. The molecule has 0 aromatic heterocycles. The third kappa shape index (κ3) is 22.2. The molecule has 0 aliphatic heterocycles. The van der Waals surface area contributed by atoms with Crippen LogP contribution in [0.5, 0.6) is 0 Å². The summed E-state index contributed by atoms with van der Waals surface area (Å²) in [5.74, 6) is 0. The maximum atomic E-state index is 3.49. The van der Waals surface area contributed by atoms with E-state index in [1.807, 2.05) is 6.92 Å². The predicted octanol–water partition coefficient (Wildman–Crippen LogP) is 1.23. The van der Waals surface area contributed by atoms with Crippen LogP contribution in [0.1, 0.15) is 13.3 Å². The van der Waals surface area contributed by atoms with Gasteiger partial charge in [0, 0.05) is 16.8 Å². The zero-order valence-corrected chi connectivity index (χ0v) is 3.79. The first-order valence-electron chi connectivity index (χ1n) is 1.21. The first kappa shape index (κ1) is 8.82. The Kier molecular flexibility index (Phi) is 21.4. The van der Waals surface area contributed by atoms with Crippen LogP contribution in [0.3, 0.4) is 0 Å². The van der Waals surface area contributed by atoms with Crippen LogP contribution in [0.2, 0.25) is 0 Å². The van der Waals surface area contributed by atoms with Gasteiger partial charge in [0.2, 0.25) is 0 Å². The first-order valence-corrected chi connectivity index (χ1v) is 1.21. The Hall–Kier alpha value is 0.506. The van der Waals surface area contributed by atoms with Gasteiger partial charge in [0.25, 0.3) is 0 Å². The molecule has 0 heterocycles. The van der Waals surface area contributed by atoms with E-state index in [0.29, 0.717) is 0 Å². The molecule has 0 fully saturated rings. The summed E-state index contributed by atoms with van der Waals surface area (Å²) in [4.78, 5) is 0.